The van der Waals surface area contributed by atoms with E-state index in [4.69, 9.17) is 0 Å². The van der Waals surface area contributed by atoms with E-state index < -0.39 is 0 Å². The van der Waals surface area contributed by atoms with Crippen LogP contribution in [-0.2, 0) is 6.42 Å². The second kappa shape index (κ2) is 5.48. The van der Waals surface area contributed by atoms with Gasteiger partial charge in [-0.1, -0.05) is 17.7 Å². The van der Waals surface area contributed by atoms with Crippen LogP contribution >= 0.6 is 11.5 Å². The highest BCUT2D eigenvalue weighted by Gasteiger charge is 2.04. The number of aryl methyl sites for hydroxylation is 4. The number of aromatic nitrogens is 2. The quantitative estimate of drug-likeness (QED) is 0.916. The van der Waals surface area contributed by atoms with Crippen LogP contribution in [-0.4, -0.2) is 15.9 Å². The average Bonchev–Trinajstić information content (AvgIpc) is 2.68. The molecule has 0 spiro atoms. The summed E-state index contributed by atoms with van der Waals surface area (Å²) in [6.07, 6.45) is 1.02. The van der Waals surface area contributed by atoms with Gasteiger partial charge in [-0.2, -0.15) is 4.37 Å². The van der Waals surface area contributed by atoms with Gasteiger partial charge in [0.1, 0.15) is 5.82 Å². The number of nitrogens with one attached hydrogen (secondary N) is 1. The molecule has 0 amide bonds. The van der Waals surface area contributed by atoms with E-state index in [0.717, 1.165) is 23.9 Å². The van der Waals surface area contributed by atoms with Gasteiger partial charge in [0.15, 0.2) is 0 Å². The lowest BCUT2D eigenvalue weighted by Gasteiger charge is -2.11. The molecule has 0 aliphatic rings. The fraction of sp³-hybridized carbons (Fsp3) is 0.429. The van der Waals surface area contributed by atoms with Crippen molar-refractivity contribution >= 4 is 16.7 Å². The Hall–Kier alpha value is -1.42. The van der Waals surface area contributed by atoms with Crippen molar-refractivity contribution in [3.63, 3.8) is 0 Å². The van der Waals surface area contributed by atoms with Crippen LogP contribution in [0.25, 0.3) is 0 Å². The Morgan fingerprint density at radius 2 is 1.78 bits per heavy atom. The third-order valence-electron chi connectivity index (χ3n) is 3.02. The van der Waals surface area contributed by atoms with E-state index in [1.165, 1.54) is 33.8 Å². The van der Waals surface area contributed by atoms with Crippen molar-refractivity contribution in [1.29, 1.82) is 0 Å². The van der Waals surface area contributed by atoms with Gasteiger partial charge in [-0.15, -0.1) is 0 Å². The third-order valence-corrected chi connectivity index (χ3v) is 3.78. The van der Waals surface area contributed by atoms with Crippen molar-refractivity contribution in [3.05, 3.63) is 40.2 Å². The first kappa shape index (κ1) is 13.0. The minimum Gasteiger partial charge on any atom is -0.360 e. The maximum absolute atomic E-state index is 4.30. The third kappa shape index (κ3) is 3.07. The van der Waals surface area contributed by atoms with Gasteiger partial charge in [-0.3, -0.25) is 0 Å². The molecule has 0 fully saturated rings. The van der Waals surface area contributed by atoms with Crippen LogP contribution in [0.4, 0.5) is 5.13 Å². The fourth-order valence-corrected chi connectivity index (χ4v) is 2.87. The van der Waals surface area contributed by atoms with Gasteiger partial charge >= 0.3 is 0 Å². The summed E-state index contributed by atoms with van der Waals surface area (Å²) in [4.78, 5) is 4.30. The van der Waals surface area contributed by atoms with Crippen LogP contribution in [0.3, 0.4) is 0 Å². The van der Waals surface area contributed by atoms with Crippen molar-refractivity contribution in [2.45, 2.75) is 34.1 Å². The van der Waals surface area contributed by atoms with Gasteiger partial charge in [0.25, 0.3) is 0 Å². The van der Waals surface area contributed by atoms with Gasteiger partial charge in [0.2, 0.25) is 5.13 Å². The van der Waals surface area contributed by atoms with Crippen molar-refractivity contribution in [3.8, 4) is 0 Å². The van der Waals surface area contributed by atoms with Crippen molar-refractivity contribution in [2.24, 2.45) is 0 Å². The van der Waals surface area contributed by atoms with Crippen LogP contribution in [0.1, 0.15) is 28.1 Å². The number of rotatable bonds is 4. The number of benzene rings is 1. The molecule has 2 rings (SSSR count). The molecule has 0 saturated heterocycles. The van der Waals surface area contributed by atoms with Gasteiger partial charge in [-0.25, -0.2) is 4.98 Å². The molecule has 1 N–H and O–H groups in total. The summed E-state index contributed by atoms with van der Waals surface area (Å²) in [5.74, 6) is 0.838. The van der Waals surface area contributed by atoms with E-state index in [9.17, 15) is 0 Å². The van der Waals surface area contributed by atoms with Gasteiger partial charge in [-0.05, 0) is 50.8 Å². The van der Waals surface area contributed by atoms with Gasteiger partial charge < -0.3 is 5.32 Å². The zero-order valence-corrected chi connectivity index (χ0v) is 12.2. The van der Waals surface area contributed by atoms with E-state index in [-0.39, 0.29) is 0 Å². The lowest BCUT2D eigenvalue weighted by molar-refractivity contribution is 0.981. The first-order valence-electron chi connectivity index (χ1n) is 6.17. The number of nitrogens with zero attached hydrogens (tertiary/aromatic N) is 2. The number of hydrogen-bond acceptors (Lipinski definition) is 4. The molecule has 0 unspecified atom stereocenters. The normalized spacial score (nSPS) is 10.7. The smallest absolute Gasteiger partial charge is 0.202 e. The predicted octanol–water partition coefficient (Wildman–Crippen LogP) is 3.43. The average molecular weight is 261 g/mol. The van der Waals surface area contributed by atoms with Crippen LogP contribution in [0, 0.1) is 27.7 Å². The molecule has 0 atom stereocenters. The largest absolute Gasteiger partial charge is 0.360 e. The number of hydrogen-bond donors (Lipinski definition) is 1. The first-order chi connectivity index (χ1) is 8.56. The molecule has 0 radical (unpaired) electrons. The molecule has 1 heterocycles. The predicted molar refractivity (Wildman–Crippen MR) is 77.5 cm³/mol. The van der Waals surface area contributed by atoms with Crippen molar-refractivity contribution in [2.75, 3.05) is 11.9 Å². The molecule has 1 aromatic heterocycles. The Kier molecular flexibility index (Phi) is 3.97. The van der Waals surface area contributed by atoms with E-state index >= 15 is 0 Å². The maximum Gasteiger partial charge on any atom is 0.202 e. The molecule has 2 aromatic rings. The summed E-state index contributed by atoms with van der Waals surface area (Å²) >= 11 is 1.42. The second-order valence-corrected chi connectivity index (χ2v) is 5.45. The highest BCUT2D eigenvalue weighted by atomic mass is 32.1. The Labute approximate surface area is 112 Å². The molecule has 3 nitrogen and oxygen atoms in total. The maximum atomic E-state index is 4.30. The van der Waals surface area contributed by atoms with Crippen LogP contribution in [0.2, 0.25) is 0 Å². The highest BCUT2D eigenvalue weighted by molar-refractivity contribution is 7.09. The van der Waals surface area contributed by atoms with Crippen LogP contribution in [0.5, 0.6) is 0 Å². The SMILES string of the molecule is Cc1cc(C)c(CCNc2nc(C)ns2)c(C)c1. The fourth-order valence-electron chi connectivity index (χ4n) is 2.27. The summed E-state index contributed by atoms with van der Waals surface area (Å²) in [7, 11) is 0. The second-order valence-electron chi connectivity index (χ2n) is 4.70. The zero-order chi connectivity index (χ0) is 13.1. The molecular weight excluding hydrogens is 242 g/mol. The number of anilines is 1. The molecule has 0 aliphatic carbocycles. The van der Waals surface area contributed by atoms with Crippen LogP contribution < -0.4 is 5.32 Å². The highest BCUT2D eigenvalue weighted by Crippen LogP contribution is 2.17. The molecular formula is C14H19N3S. The molecule has 96 valence electrons. The summed E-state index contributed by atoms with van der Waals surface area (Å²) in [6.45, 7) is 9.33. The minimum absolute atomic E-state index is 0.838. The summed E-state index contributed by atoms with van der Waals surface area (Å²) in [6, 6.07) is 4.49. The van der Waals surface area contributed by atoms with E-state index in [0.29, 0.717) is 0 Å². The Bertz CT molecular complexity index is 523. The van der Waals surface area contributed by atoms with E-state index in [1.54, 1.807) is 0 Å². The first-order valence-corrected chi connectivity index (χ1v) is 6.94. The van der Waals surface area contributed by atoms with Crippen LogP contribution in [0.15, 0.2) is 12.1 Å². The summed E-state index contributed by atoms with van der Waals surface area (Å²) in [5.41, 5.74) is 5.53. The summed E-state index contributed by atoms with van der Waals surface area (Å²) in [5, 5.41) is 4.24. The lowest BCUT2D eigenvalue weighted by atomic mass is 9.97. The zero-order valence-electron chi connectivity index (χ0n) is 11.4. The molecule has 18 heavy (non-hydrogen) atoms. The van der Waals surface area contributed by atoms with Crippen molar-refractivity contribution < 1.29 is 0 Å². The van der Waals surface area contributed by atoms with E-state index in [2.05, 4.69) is 47.6 Å². The Morgan fingerprint density at radius 3 is 2.33 bits per heavy atom. The lowest BCUT2D eigenvalue weighted by Crippen LogP contribution is -2.07. The Balaban J connectivity index is 1.98. The van der Waals surface area contributed by atoms with E-state index in [1.807, 2.05) is 6.92 Å². The topological polar surface area (TPSA) is 37.8 Å². The summed E-state index contributed by atoms with van der Waals surface area (Å²) < 4.78 is 4.16. The molecule has 0 bridgehead atoms. The van der Waals surface area contributed by atoms with Gasteiger partial charge in [0, 0.05) is 18.1 Å². The van der Waals surface area contributed by atoms with Crippen molar-refractivity contribution in [1.82, 2.24) is 9.36 Å². The minimum atomic E-state index is 0.838. The van der Waals surface area contributed by atoms with Gasteiger partial charge in [0.05, 0.1) is 0 Å². The molecule has 1 aromatic carbocycles. The molecule has 0 aliphatic heterocycles. The Morgan fingerprint density at radius 1 is 1.11 bits per heavy atom. The monoisotopic (exact) mass is 261 g/mol. The standard InChI is InChI=1S/C14H19N3S/c1-9-7-10(2)13(11(3)8-9)5-6-15-14-16-12(4)17-18-14/h7-8H,5-6H2,1-4H3,(H,15,16,17). The molecule has 4 heteroatoms. The molecule has 0 saturated carbocycles.